The average molecular weight is 377 g/mol. The molecule has 0 atom stereocenters. The first-order valence-corrected chi connectivity index (χ1v) is 9.72. The Morgan fingerprint density at radius 2 is 1.64 bits per heavy atom. The lowest BCUT2D eigenvalue weighted by Gasteiger charge is -2.22. The summed E-state index contributed by atoms with van der Waals surface area (Å²) >= 11 is 0. The van der Waals surface area contributed by atoms with Crippen LogP contribution in [0.15, 0.2) is 54.2 Å². The molecule has 0 aliphatic carbocycles. The minimum Gasteiger partial charge on any atom is -0.365 e. The second-order valence-corrected chi connectivity index (χ2v) is 8.00. The summed E-state index contributed by atoms with van der Waals surface area (Å²) in [6.45, 7) is 9.05. The van der Waals surface area contributed by atoms with Crippen LogP contribution in [0.25, 0.3) is 5.57 Å². The molecular formula is C24H28N2O2. The summed E-state index contributed by atoms with van der Waals surface area (Å²) < 4.78 is 0. The van der Waals surface area contributed by atoms with Crippen molar-refractivity contribution in [3.05, 3.63) is 76.5 Å². The predicted octanol–water partition coefficient (Wildman–Crippen LogP) is 4.17. The van der Waals surface area contributed by atoms with E-state index >= 15 is 0 Å². The molecule has 3 rings (SSSR count). The van der Waals surface area contributed by atoms with E-state index in [1.807, 2.05) is 82.1 Å². The lowest BCUT2D eigenvalue weighted by atomic mass is 9.97. The highest BCUT2D eigenvalue weighted by Crippen LogP contribution is 2.34. The van der Waals surface area contributed by atoms with Crippen molar-refractivity contribution in [2.45, 2.75) is 34.2 Å². The van der Waals surface area contributed by atoms with Crippen LogP contribution >= 0.6 is 0 Å². The Kier molecular flexibility index (Phi) is 5.68. The Balaban J connectivity index is 2.08. The molecule has 4 heteroatoms. The van der Waals surface area contributed by atoms with E-state index in [1.54, 1.807) is 0 Å². The van der Waals surface area contributed by atoms with E-state index in [0.717, 1.165) is 22.3 Å². The molecule has 4 nitrogen and oxygen atoms in total. The standard InChI is InChI=1S/C24H28N2O2/c1-16(2)14-26-23(27)21(20-12-11-17(3)13-18(20)4)22(24(26)28)25(5)15-19-9-7-6-8-10-19/h6-13,16H,14-15H2,1-5H3. The summed E-state index contributed by atoms with van der Waals surface area (Å²) in [5, 5.41) is 0. The van der Waals surface area contributed by atoms with Crippen LogP contribution in [0.5, 0.6) is 0 Å². The number of rotatable bonds is 6. The molecule has 28 heavy (non-hydrogen) atoms. The molecule has 0 unspecified atom stereocenters. The molecule has 0 fully saturated rings. The third kappa shape index (κ3) is 3.86. The van der Waals surface area contributed by atoms with Gasteiger partial charge in [0.1, 0.15) is 5.70 Å². The molecular weight excluding hydrogens is 348 g/mol. The summed E-state index contributed by atoms with van der Waals surface area (Å²) in [6.07, 6.45) is 0. The smallest absolute Gasteiger partial charge is 0.277 e. The third-order valence-corrected chi connectivity index (χ3v) is 4.99. The highest BCUT2D eigenvalue weighted by Gasteiger charge is 2.41. The fourth-order valence-corrected chi connectivity index (χ4v) is 3.72. The van der Waals surface area contributed by atoms with Gasteiger partial charge < -0.3 is 4.90 Å². The Hall–Kier alpha value is -2.88. The van der Waals surface area contributed by atoms with E-state index in [-0.39, 0.29) is 17.7 Å². The van der Waals surface area contributed by atoms with Crippen molar-refractivity contribution < 1.29 is 9.59 Å². The number of aryl methyl sites for hydroxylation is 2. The third-order valence-electron chi connectivity index (χ3n) is 4.99. The van der Waals surface area contributed by atoms with Crippen LogP contribution < -0.4 is 0 Å². The highest BCUT2D eigenvalue weighted by molar-refractivity contribution is 6.35. The van der Waals surface area contributed by atoms with Crippen LogP contribution in [-0.4, -0.2) is 35.2 Å². The molecule has 0 saturated heterocycles. The summed E-state index contributed by atoms with van der Waals surface area (Å²) in [5.41, 5.74) is 5.08. The van der Waals surface area contributed by atoms with Gasteiger partial charge in [-0.3, -0.25) is 14.5 Å². The Morgan fingerprint density at radius 3 is 2.25 bits per heavy atom. The molecule has 1 aliphatic heterocycles. The zero-order valence-corrected chi connectivity index (χ0v) is 17.3. The summed E-state index contributed by atoms with van der Waals surface area (Å²) in [4.78, 5) is 29.8. The van der Waals surface area contributed by atoms with Crippen LogP contribution in [0.4, 0.5) is 0 Å². The first-order valence-electron chi connectivity index (χ1n) is 9.72. The van der Waals surface area contributed by atoms with E-state index in [1.165, 1.54) is 4.90 Å². The minimum atomic E-state index is -0.202. The van der Waals surface area contributed by atoms with Crippen molar-refractivity contribution in [3.63, 3.8) is 0 Å². The largest absolute Gasteiger partial charge is 0.365 e. The summed E-state index contributed by atoms with van der Waals surface area (Å²) in [6, 6.07) is 16.0. The Morgan fingerprint density at radius 1 is 0.964 bits per heavy atom. The van der Waals surface area contributed by atoms with Gasteiger partial charge in [0.25, 0.3) is 11.8 Å². The quantitative estimate of drug-likeness (QED) is 0.711. The van der Waals surface area contributed by atoms with E-state index in [0.29, 0.717) is 24.4 Å². The maximum absolute atomic E-state index is 13.3. The molecule has 0 aromatic heterocycles. The summed E-state index contributed by atoms with van der Waals surface area (Å²) in [5.74, 6) is -0.181. The number of benzene rings is 2. The van der Waals surface area contributed by atoms with Gasteiger partial charge in [-0.05, 0) is 36.5 Å². The van der Waals surface area contributed by atoms with Gasteiger partial charge >= 0.3 is 0 Å². The van der Waals surface area contributed by atoms with Crippen molar-refractivity contribution in [2.24, 2.45) is 5.92 Å². The van der Waals surface area contributed by atoms with Crippen LogP contribution in [0.1, 0.15) is 36.1 Å². The van der Waals surface area contributed by atoms with Crippen molar-refractivity contribution in [2.75, 3.05) is 13.6 Å². The van der Waals surface area contributed by atoms with Crippen LogP contribution in [0.3, 0.4) is 0 Å². The SMILES string of the molecule is Cc1ccc(C2=C(N(C)Cc3ccccc3)C(=O)N(CC(C)C)C2=O)c(C)c1. The first-order chi connectivity index (χ1) is 13.3. The van der Waals surface area contributed by atoms with Crippen molar-refractivity contribution in [1.29, 1.82) is 0 Å². The molecule has 0 spiro atoms. The van der Waals surface area contributed by atoms with E-state index in [9.17, 15) is 9.59 Å². The van der Waals surface area contributed by atoms with Crippen molar-refractivity contribution in [3.8, 4) is 0 Å². The number of likely N-dealkylation sites (N-methyl/N-ethyl adjacent to an activating group) is 1. The summed E-state index contributed by atoms with van der Waals surface area (Å²) in [7, 11) is 1.88. The molecule has 1 aliphatic rings. The van der Waals surface area contributed by atoms with Crippen molar-refractivity contribution >= 4 is 17.4 Å². The van der Waals surface area contributed by atoms with Crippen LogP contribution in [0.2, 0.25) is 0 Å². The van der Waals surface area contributed by atoms with Crippen LogP contribution in [0, 0.1) is 19.8 Å². The number of hydrogen-bond donors (Lipinski definition) is 0. The highest BCUT2D eigenvalue weighted by atomic mass is 16.2. The zero-order valence-electron chi connectivity index (χ0n) is 17.3. The average Bonchev–Trinajstić information content (AvgIpc) is 2.87. The van der Waals surface area contributed by atoms with Gasteiger partial charge in [-0.25, -0.2) is 0 Å². The lowest BCUT2D eigenvalue weighted by molar-refractivity contribution is -0.138. The van der Waals surface area contributed by atoms with E-state index in [4.69, 9.17) is 0 Å². The van der Waals surface area contributed by atoms with Gasteiger partial charge in [-0.2, -0.15) is 0 Å². The second kappa shape index (κ2) is 8.01. The monoisotopic (exact) mass is 376 g/mol. The number of carbonyl (C=O) groups is 2. The fraction of sp³-hybridized carbons (Fsp3) is 0.333. The number of nitrogens with zero attached hydrogens (tertiary/aromatic N) is 2. The van der Waals surface area contributed by atoms with Gasteiger partial charge in [0, 0.05) is 20.1 Å². The van der Waals surface area contributed by atoms with E-state index in [2.05, 4.69) is 6.07 Å². The van der Waals surface area contributed by atoms with E-state index < -0.39 is 0 Å². The zero-order chi connectivity index (χ0) is 20.4. The minimum absolute atomic E-state index is 0.194. The second-order valence-electron chi connectivity index (χ2n) is 8.00. The molecule has 0 saturated carbocycles. The van der Waals surface area contributed by atoms with Crippen molar-refractivity contribution in [1.82, 2.24) is 9.80 Å². The molecule has 1 heterocycles. The van der Waals surface area contributed by atoms with Gasteiger partial charge in [-0.1, -0.05) is 67.9 Å². The predicted molar refractivity (Wildman–Crippen MR) is 112 cm³/mol. The number of imide groups is 1. The number of amides is 2. The van der Waals surface area contributed by atoms with Gasteiger partial charge in [0.15, 0.2) is 0 Å². The molecule has 0 bridgehead atoms. The molecule has 146 valence electrons. The van der Waals surface area contributed by atoms with Gasteiger partial charge in [-0.15, -0.1) is 0 Å². The number of carbonyl (C=O) groups excluding carboxylic acids is 2. The maximum atomic E-state index is 13.3. The molecule has 2 aromatic carbocycles. The molecule has 0 radical (unpaired) electrons. The molecule has 0 N–H and O–H groups in total. The Bertz CT molecular complexity index is 929. The Labute approximate surface area is 167 Å². The van der Waals surface area contributed by atoms with Crippen LogP contribution in [-0.2, 0) is 16.1 Å². The number of hydrogen-bond acceptors (Lipinski definition) is 3. The normalized spacial score (nSPS) is 14.4. The molecule has 2 amide bonds. The van der Waals surface area contributed by atoms with Gasteiger partial charge in [0.2, 0.25) is 0 Å². The first kappa shape index (κ1) is 19.9. The topological polar surface area (TPSA) is 40.6 Å². The maximum Gasteiger partial charge on any atom is 0.277 e. The van der Waals surface area contributed by atoms with Gasteiger partial charge in [0.05, 0.1) is 5.57 Å². The fourth-order valence-electron chi connectivity index (χ4n) is 3.72. The lowest BCUT2D eigenvalue weighted by Crippen LogP contribution is -2.36. The molecule has 2 aromatic rings.